The third-order valence-corrected chi connectivity index (χ3v) is 9.69. The summed E-state index contributed by atoms with van der Waals surface area (Å²) in [7, 11) is -4.22. The van der Waals surface area contributed by atoms with Gasteiger partial charge >= 0.3 is 0 Å². The van der Waals surface area contributed by atoms with Gasteiger partial charge in [-0.05, 0) is 67.5 Å². The zero-order chi connectivity index (χ0) is 26.2. The van der Waals surface area contributed by atoms with Crippen LogP contribution >= 0.6 is 22.9 Å². The predicted octanol–water partition coefficient (Wildman–Crippen LogP) is 5.19. The summed E-state index contributed by atoms with van der Waals surface area (Å²) in [5, 5.41) is 13.2. The quantitative estimate of drug-likeness (QED) is 0.299. The first-order valence-corrected chi connectivity index (χ1v) is 14.1. The second-order valence-electron chi connectivity index (χ2n) is 8.91. The maximum absolute atomic E-state index is 13.7. The Morgan fingerprint density at radius 1 is 1.22 bits per heavy atom. The van der Waals surface area contributed by atoms with Crippen molar-refractivity contribution in [2.45, 2.75) is 44.2 Å². The predicted molar refractivity (Wildman–Crippen MR) is 140 cm³/mol. The number of fused-ring (bicyclic) bond motifs is 1. The number of rotatable bonds is 7. The van der Waals surface area contributed by atoms with E-state index in [0.29, 0.717) is 13.0 Å². The van der Waals surface area contributed by atoms with Crippen molar-refractivity contribution in [3.05, 3.63) is 90.6 Å². The van der Waals surface area contributed by atoms with Gasteiger partial charge in [-0.2, -0.15) is 4.31 Å². The number of carbonyl (C=O) groups excluding carboxylic acids is 1. The maximum atomic E-state index is 13.7. The second-order valence-corrected chi connectivity index (χ2v) is 12.2. The van der Waals surface area contributed by atoms with E-state index in [1.54, 1.807) is 30.1 Å². The molecule has 8 nitrogen and oxygen atoms in total. The summed E-state index contributed by atoms with van der Waals surface area (Å²) < 4.78 is 28.1. The molecule has 0 saturated carbocycles. The number of nitro groups is 1. The Bertz CT molecular complexity index is 1420. The first-order valence-electron chi connectivity index (χ1n) is 11.4. The molecule has 3 aromatic rings. The number of benzene rings is 2. The summed E-state index contributed by atoms with van der Waals surface area (Å²) in [6, 6.07) is 12.4. The Morgan fingerprint density at radius 2 is 1.94 bits per heavy atom. The molecule has 1 atom stereocenters. The minimum absolute atomic E-state index is 0.160. The number of thiophene rings is 1. The highest BCUT2D eigenvalue weighted by Gasteiger charge is 2.37. The summed E-state index contributed by atoms with van der Waals surface area (Å²) in [6.07, 6.45) is 0.693. The van der Waals surface area contributed by atoms with Crippen molar-refractivity contribution in [3.8, 4) is 0 Å². The van der Waals surface area contributed by atoms with Gasteiger partial charge in [-0.1, -0.05) is 35.9 Å². The van der Waals surface area contributed by atoms with E-state index in [-0.39, 0.29) is 21.9 Å². The van der Waals surface area contributed by atoms with Gasteiger partial charge in [-0.15, -0.1) is 11.3 Å². The van der Waals surface area contributed by atoms with Crippen molar-refractivity contribution in [2.75, 3.05) is 13.1 Å². The highest BCUT2D eigenvalue weighted by atomic mass is 35.5. The molecule has 2 aromatic carbocycles. The number of nitro benzene ring substituents is 1. The van der Waals surface area contributed by atoms with E-state index in [4.69, 9.17) is 11.6 Å². The molecule has 36 heavy (non-hydrogen) atoms. The van der Waals surface area contributed by atoms with Crippen LogP contribution in [-0.4, -0.2) is 47.6 Å². The fraction of sp³-hybridized carbons (Fsp3) is 0.320. The summed E-state index contributed by atoms with van der Waals surface area (Å²) in [5.74, 6) is -0.333. The van der Waals surface area contributed by atoms with Gasteiger partial charge in [0.05, 0.1) is 22.4 Å². The van der Waals surface area contributed by atoms with Crippen LogP contribution in [-0.2, 0) is 21.2 Å². The van der Waals surface area contributed by atoms with Crippen LogP contribution in [0.15, 0.2) is 58.8 Å². The number of aryl methyl sites for hydroxylation is 1. The van der Waals surface area contributed by atoms with Crippen LogP contribution in [0.2, 0.25) is 5.02 Å². The average molecular weight is 548 g/mol. The first kappa shape index (κ1) is 26.3. The van der Waals surface area contributed by atoms with E-state index in [2.05, 4.69) is 0 Å². The minimum Gasteiger partial charge on any atom is -0.330 e. The summed E-state index contributed by atoms with van der Waals surface area (Å²) >= 11 is 7.54. The molecule has 4 rings (SSSR count). The number of halogens is 1. The van der Waals surface area contributed by atoms with Gasteiger partial charge in [0.2, 0.25) is 15.9 Å². The molecule has 0 aliphatic carbocycles. The van der Waals surface area contributed by atoms with Crippen molar-refractivity contribution in [1.82, 2.24) is 9.21 Å². The van der Waals surface area contributed by atoms with Crippen LogP contribution in [0.5, 0.6) is 0 Å². The SMILES string of the molecule is Cc1ccccc1[C@H]1c2ccsc2CCN1C(=O)CN(C(C)C)S(=O)(=O)c1ccc(Cl)c([N+](=O)[O-])c1. The molecule has 1 aliphatic heterocycles. The fourth-order valence-electron chi connectivity index (χ4n) is 4.51. The lowest BCUT2D eigenvalue weighted by molar-refractivity contribution is -0.384. The lowest BCUT2D eigenvalue weighted by Crippen LogP contribution is -2.48. The van der Waals surface area contributed by atoms with Crippen molar-refractivity contribution in [2.24, 2.45) is 0 Å². The number of hydrogen-bond acceptors (Lipinski definition) is 6. The lowest BCUT2D eigenvalue weighted by Gasteiger charge is -2.38. The molecule has 2 heterocycles. The average Bonchev–Trinajstić information content (AvgIpc) is 3.31. The van der Waals surface area contributed by atoms with Crippen LogP contribution < -0.4 is 0 Å². The van der Waals surface area contributed by atoms with E-state index in [1.165, 1.54) is 17.0 Å². The van der Waals surface area contributed by atoms with Gasteiger partial charge in [0.1, 0.15) is 5.02 Å². The van der Waals surface area contributed by atoms with Crippen molar-refractivity contribution < 1.29 is 18.1 Å². The van der Waals surface area contributed by atoms with E-state index in [0.717, 1.165) is 27.1 Å². The van der Waals surface area contributed by atoms with Crippen molar-refractivity contribution >= 4 is 44.6 Å². The Kier molecular flexibility index (Phi) is 7.51. The molecule has 1 aliphatic rings. The normalized spacial score (nSPS) is 15.8. The van der Waals surface area contributed by atoms with Gasteiger partial charge in [-0.3, -0.25) is 14.9 Å². The smallest absolute Gasteiger partial charge is 0.289 e. The van der Waals surface area contributed by atoms with Gasteiger partial charge in [0.15, 0.2) is 0 Å². The Balaban J connectivity index is 1.70. The molecule has 0 fully saturated rings. The van der Waals surface area contributed by atoms with Gasteiger partial charge in [0.25, 0.3) is 5.69 Å². The molecule has 190 valence electrons. The molecule has 11 heteroatoms. The Labute approximate surface area is 219 Å². The molecular weight excluding hydrogens is 522 g/mol. The number of nitrogens with zero attached hydrogens (tertiary/aromatic N) is 3. The monoisotopic (exact) mass is 547 g/mol. The van der Waals surface area contributed by atoms with Crippen LogP contribution in [0.4, 0.5) is 5.69 Å². The highest BCUT2D eigenvalue weighted by molar-refractivity contribution is 7.89. The third-order valence-electron chi connectivity index (χ3n) is 6.36. The zero-order valence-electron chi connectivity index (χ0n) is 20.0. The molecular formula is C25H26ClN3O5S2. The number of sulfonamides is 1. The molecule has 0 spiro atoms. The standard InChI is InChI=1S/C25H26ClN3O5S2/c1-16(2)28(36(33,34)18-8-9-21(26)22(14-18)29(31)32)15-24(30)27-12-10-23-20(11-13-35-23)25(27)19-7-5-4-6-17(19)3/h4-9,11,13-14,16,25H,10,12,15H2,1-3H3/t25-/m0/s1. The van der Waals surface area contributed by atoms with Gasteiger partial charge < -0.3 is 4.90 Å². The first-order chi connectivity index (χ1) is 17.0. The molecule has 0 radical (unpaired) electrons. The van der Waals surface area contributed by atoms with Gasteiger partial charge in [-0.25, -0.2) is 8.42 Å². The number of amides is 1. The summed E-state index contributed by atoms with van der Waals surface area (Å²) in [4.78, 5) is 27.0. The molecule has 0 unspecified atom stereocenters. The zero-order valence-corrected chi connectivity index (χ0v) is 22.4. The van der Waals surface area contributed by atoms with Crippen molar-refractivity contribution in [3.63, 3.8) is 0 Å². The lowest BCUT2D eigenvalue weighted by atomic mass is 9.90. The third kappa shape index (κ3) is 4.90. The van der Waals surface area contributed by atoms with E-state index in [1.807, 2.05) is 42.6 Å². The Hall–Kier alpha value is -2.79. The van der Waals surface area contributed by atoms with Crippen LogP contribution in [0.25, 0.3) is 0 Å². The number of hydrogen-bond donors (Lipinski definition) is 0. The Morgan fingerprint density at radius 3 is 2.61 bits per heavy atom. The van der Waals surface area contributed by atoms with E-state index < -0.39 is 33.2 Å². The van der Waals surface area contributed by atoms with E-state index >= 15 is 0 Å². The largest absolute Gasteiger partial charge is 0.330 e. The van der Waals surface area contributed by atoms with E-state index in [9.17, 15) is 23.3 Å². The maximum Gasteiger partial charge on any atom is 0.289 e. The minimum atomic E-state index is -4.22. The van der Waals surface area contributed by atoms with Crippen LogP contribution in [0.3, 0.4) is 0 Å². The summed E-state index contributed by atoms with van der Waals surface area (Å²) in [5.41, 5.74) is 2.59. The molecule has 1 aromatic heterocycles. The molecule has 1 amide bonds. The van der Waals surface area contributed by atoms with Crippen molar-refractivity contribution in [1.29, 1.82) is 0 Å². The van der Waals surface area contributed by atoms with Crippen LogP contribution in [0, 0.1) is 17.0 Å². The van der Waals surface area contributed by atoms with Gasteiger partial charge in [0, 0.05) is 23.5 Å². The van der Waals surface area contributed by atoms with Crippen LogP contribution in [0.1, 0.15) is 41.5 Å². The second kappa shape index (κ2) is 10.3. The molecule has 0 bridgehead atoms. The molecule has 0 N–H and O–H groups in total. The topological polar surface area (TPSA) is 101 Å². The highest BCUT2D eigenvalue weighted by Crippen LogP contribution is 2.39. The molecule has 0 saturated heterocycles. The fourth-order valence-corrected chi connectivity index (χ4v) is 7.21. The number of carbonyl (C=O) groups is 1. The summed E-state index contributed by atoms with van der Waals surface area (Å²) in [6.45, 7) is 5.40.